The first-order chi connectivity index (χ1) is 5.37. The number of aliphatic hydroxyl groups is 1. The minimum atomic E-state index is -0.703. The highest BCUT2D eigenvalue weighted by molar-refractivity contribution is 9.09. The predicted octanol–water partition coefficient (Wildman–Crippen LogP) is 1.50. The van der Waals surface area contributed by atoms with Crippen molar-refractivity contribution in [2.45, 2.75) is 37.1 Å². The van der Waals surface area contributed by atoms with Gasteiger partial charge in [0.15, 0.2) is 0 Å². The summed E-state index contributed by atoms with van der Waals surface area (Å²) in [6.07, 6.45) is 1.39. The number of ketones is 1. The van der Waals surface area contributed by atoms with E-state index in [-0.39, 0.29) is 16.2 Å². The molecule has 2 nitrogen and oxygen atoms in total. The second-order valence-electron chi connectivity index (χ2n) is 4.71. The Morgan fingerprint density at radius 1 is 1.58 bits per heavy atom. The van der Waals surface area contributed by atoms with Gasteiger partial charge in [-0.3, -0.25) is 4.79 Å². The van der Waals surface area contributed by atoms with E-state index in [1.54, 1.807) is 0 Å². The molecule has 2 aliphatic carbocycles. The van der Waals surface area contributed by atoms with Crippen LogP contribution in [0.2, 0.25) is 0 Å². The molecule has 68 valence electrons. The van der Waals surface area contributed by atoms with Crippen molar-refractivity contribution in [2.75, 3.05) is 0 Å². The lowest BCUT2D eigenvalue weighted by Gasteiger charge is -2.40. The van der Waals surface area contributed by atoms with Crippen LogP contribution in [0.5, 0.6) is 0 Å². The molecule has 0 amide bonds. The number of halogens is 1. The topological polar surface area (TPSA) is 37.3 Å². The first-order valence-electron chi connectivity index (χ1n) is 4.26. The van der Waals surface area contributed by atoms with E-state index in [0.29, 0.717) is 12.2 Å². The molecule has 0 aromatic rings. The van der Waals surface area contributed by atoms with Crippen molar-refractivity contribution in [1.82, 2.24) is 0 Å². The van der Waals surface area contributed by atoms with Gasteiger partial charge < -0.3 is 5.11 Å². The summed E-state index contributed by atoms with van der Waals surface area (Å²) in [6.45, 7) is 3.90. The lowest BCUT2D eigenvalue weighted by molar-refractivity contribution is -0.138. The Morgan fingerprint density at radius 3 is 2.50 bits per heavy atom. The average molecular weight is 233 g/mol. The quantitative estimate of drug-likeness (QED) is 0.644. The number of alkyl halides is 1. The van der Waals surface area contributed by atoms with E-state index in [9.17, 15) is 9.90 Å². The van der Waals surface area contributed by atoms with Gasteiger partial charge in [0.25, 0.3) is 0 Å². The second kappa shape index (κ2) is 2.13. The highest BCUT2D eigenvalue weighted by Crippen LogP contribution is 2.60. The van der Waals surface area contributed by atoms with E-state index < -0.39 is 5.60 Å². The van der Waals surface area contributed by atoms with E-state index in [2.05, 4.69) is 22.9 Å². The fraction of sp³-hybridized carbons (Fsp3) is 0.889. The highest BCUT2D eigenvalue weighted by Gasteiger charge is 2.64. The SMILES string of the molecule is C[C@]12CC(=O)[C@H]1[C@H](Br)[C@@](C)(O)C2. The molecule has 2 saturated carbocycles. The van der Waals surface area contributed by atoms with E-state index >= 15 is 0 Å². The van der Waals surface area contributed by atoms with E-state index in [1.165, 1.54) is 0 Å². The van der Waals surface area contributed by atoms with Crippen molar-refractivity contribution < 1.29 is 9.90 Å². The molecule has 0 aliphatic heterocycles. The lowest BCUT2D eigenvalue weighted by atomic mass is 9.62. The fourth-order valence-corrected chi connectivity index (χ4v) is 3.93. The number of Topliss-reactive ketones (excluding diaryl/α,β-unsaturated/α-hetero) is 1. The van der Waals surface area contributed by atoms with Crippen LogP contribution in [0.4, 0.5) is 0 Å². The lowest BCUT2D eigenvalue weighted by Crippen LogP contribution is -2.46. The van der Waals surface area contributed by atoms with Gasteiger partial charge in [-0.2, -0.15) is 0 Å². The van der Waals surface area contributed by atoms with Gasteiger partial charge in [0.2, 0.25) is 0 Å². The number of fused-ring (bicyclic) bond motifs is 1. The Bertz CT molecular complexity index is 249. The fourth-order valence-electron chi connectivity index (χ4n) is 2.84. The Hall–Kier alpha value is 0.110. The molecule has 0 saturated heterocycles. The molecular formula is C9H13BrO2. The normalized spacial score (nSPS) is 58.2. The van der Waals surface area contributed by atoms with Crippen LogP contribution < -0.4 is 0 Å². The van der Waals surface area contributed by atoms with E-state index in [4.69, 9.17) is 0 Å². The third-order valence-corrected chi connectivity index (χ3v) is 4.84. The third kappa shape index (κ3) is 0.867. The summed E-state index contributed by atoms with van der Waals surface area (Å²) < 4.78 is 0. The Kier molecular flexibility index (Phi) is 1.54. The van der Waals surface area contributed by atoms with E-state index in [1.807, 2.05) is 6.92 Å². The summed E-state index contributed by atoms with van der Waals surface area (Å²) in [4.78, 5) is 11.2. The molecule has 1 N–H and O–H groups in total. The van der Waals surface area contributed by atoms with Crippen LogP contribution in [0.1, 0.15) is 26.7 Å². The smallest absolute Gasteiger partial charge is 0.138 e. The largest absolute Gasteiger partial charge is 0.389 e. The van der Waals surface area contributed by atoms with Gasteiger partial charge in [-0.15, -0.1) is 0 Å². The van der Waals surface area contributed by atoms with Crippen LogP contribution in [-0.2, 0) is 4.79 Å². The maximum atomic E-state index is 11.3. The molecule has 0 aromatic heterocycles. The van der Waals surface area contributed by atoms with Crippen molar-refractivity contribution in [3.63, 3.8) is 0 Å². The maximum absolute atomic E-state index is 11.3. The number of carbonyl (C=O) groups is 1. The van der Waals surface area contributed by atoms with Gasteiger partial charge in [0.05, 0.1) is 10.4 Å². The Labute approximate surface area is 80.5 Å². The minimum Gasteiger partial charge on any atom is -0.389 e. The van der Waals surface area contributed by atoms with Crippen LogP contribution in [0, 0.1) is 11.3 Å². The van der Waals surface area contributed by atoms with Crippen molar-refractivity contribution in [3.8, 4) is 0 Å². The molecule has 0 spiro atoms. The number of hydrogen-bond donors (Lipinski definition) is 1. The molecule has 0 bridgehead atoms. The summed E-state index contributed by atoms with van der Waals surface area (Å²) in [5.74, 6) is 0.352. The molecule has 0 aromatic carbocycles. The maximum Gasteiger partial charge on any atom is 0.138 e. The van der Waals surface area contributed by atoms with Gasteiger partial charge in [0, 0.05) is 12.3 Å². The van der Waals surface area contributed by atoms with Gasteiger partial charge in [-0.05, 0) is 18.8 Å². The Morgan fingerprint density at radius 2 is 2.17 bits per heavy atom. The summed E-state index contributed by atoms with van der Waals surface area (Å²) in [5, 5.41) is 9.93. The predicted molar refractivity (Wildman–Crippen MR) is 49.2 cm³/mol. The summed E-state index contributed by atoms with van der Waals surface area (Å²) >= 11 is 3.42. The average Bonchev–Trinajstić information content (AvgIpc) is 1.96. The van der Waals surface area contributed by atoms with Gasteiger partial charge in [0.1, 0.15) is 5.78 Å². The van der Waals surface area contributed by atoms with Crippen LogP contribution in [0.25, 0.3) is 0 Å². The molecule has 4 atom stereocenters. The molecule has 2 aliphatic rings. The molecular weight excluding hydrogens is 220 g/mol. The van der Waals surface area contributed by atoms with E-state index in [0.717, 1.165) is 6.42 Å². The van der Waals surface area contributed by atoms with Gasteiger partial charge >= 0.3 is 0 Å². The van der Waals surface area contributed by atoms with Crippen molar-refractivity contribution in [3.05, 3.63) is 0 Å². The third-order valence-electron chi connectivity index (χ3n) is 3.32. The standard InChI is InChI=1S/C9H13BrO2/c1-8-3-5(11)6(8)7(10)9(2,12)4-8/h6-7,12H,3-4H2,1-2H3/t6-,7-,8+,9-/m0/s1. The van der Waals surface area contributed by atoms with Crippen molar-refractivity contribution in [2.24, 2.45) is 11.3 Å². The second-order valence-corrected chi connectivity index (χ2v) is 5.70. The van der Waals surface area contributed by atoms with Crippen molar-refractivity contribution >= 4 is 21.7 Å². The summed E-state index contributed by atoms with van der Waals surface area (Å²) in [7, 11) is 0. The minimum absolute atomic E-state index is 0.0451. The molecule has 0 heterocycles. The van der Waals surface area contributed by atoms with Gasteiger partial charge in [-0.25, -0.2) is 0 Å². The summed E-state index contributed by atoms with van der Waals surface area (Å²) in [5.41, 5.74) is -0.639. The highest BCUT2D eigenvalue weighted by atomic mass is 79.9. The number of carbonyl (C=O) groups excluding carboxylic acids is 1. The number of rotatable bonds is 0. The zero-order valence-corrected chi connectivity index (χ0v) is 8.89. The van der Waals surface area contributed by atoms with Crippen LogP contribution in [0.15, 0.2) is 0 Å². The van der Waals surface area contributed by atoms with Gasteiger partial charge in [-0.1, -0.05) is 22.9 Å². The van der Waals surface area contributed by atoms with Crippen LogP contribution in [0.3, 0.4) is 0 Å². The number of hydrogen-bond acceptors (Lipinski definition) is 2. The molecule has 2 rings (SSSR count). The van der Waals surface area contributed by atoms with Crippen molar-refractivity contribution in [1.29, 1.82) is 0 Å². The Balaban J connectivity index is 2.32. The first-order valence-corrected chi connectivity index (χ1v) is 5.18. The molecule has 0 radical (unpaired) electrons. The monoisotopic (exact) mass is 232 g/mol. The summed E-state index contributed by atoms with van der Waals surface area (Å²) in [6, 6.07) is 0. The molecule has 2 fully saturated rings. The zero-order valence-electron chi connectivity index (χ0n) is 7.30. The zero-order chi connectivity index (χ0) is 9.15. The van der Waals surface area contributed by atoms with Crippen LogP contribution >= 0.6 is 15.9 Å². The van der Waals surface area contributed by atoms with Crippen LogP contribution in [-0.4, -0.2) is 21.3 Å². The molecule has 3 heteroatoms. The molecule has 0 unspecified atom stereocenters. The first kappa shape index (κ1) is 8.70. The molecule has 12 heavy (non-hydrogen) atoms.